The fourth-order valence-electron chi connectivity index (χ4n) is 0.986. The second kappa shape index (κ2) is 5.85. The van der Waals surface area contributed by atoms with Crippen LogP contribution in [0.4, 0.5) is 0 Å². The van der Waals surface area contributed by atoms with Gasteiger partial charge in [0.1, 0.15) is 6.61 Å². The molecule has 0 atom stereocenters. The SMILES string of the molecule is CC(=O)OCC(=O)OCCn1cccc1. The number of hydrogen-bond acceptors (Lipinski definition) is 4. The zero-order valence-electron chi connectivity index (χ0n) is 8.51. The van der Waals surface area contributed by atoms with Crippen molar-refractivity contribution in [2.45, 2.75) is 13.5 Å². The Bertz CT molecular complexity index is 318. The van der Waals surface area contributed by atoms with Gasteiger partial charge in [-0.3, -0.25) is 4.79 Å². The van der Waals surface area contributed by atoms with E-state index in [-0.39, 0.29) is 13.2 Å². The first-order valence-electron chi connectivity index (χ1n) is 4.58. The van der Waals surface area contributed by atoms with Crippen molar-refractivity contribution >= 4 is 11.9 Å². The van der Waals surface area contributed by atoms with Crippen LogP contribution >= 0.6 is 0 Å². The largest absolute Gasteiger partial charge is 0.461 e. The molecule has 1 aromatic heterocycles. The van der Waals surface area contributed by atoms with E-state index in [2.05, 4.69) is 4.74 Å². The molecule has 0 bridgehead atoms. The lowest BCUT2D eigenvalue weighted by Gasteiger charge is -2.05. The van der Waals surface area contributed by atoms with Gasteiger partial charge in [-0.15, -0.1) is 0 Å². The first kappa shape index (κ1) is 11.3. The third-order valence-electron chi connectivity index (χ3n) is 1.67. The Balaban J connectivity index is 2.09. The van der Waals surface area contributed by atoms with Crippen LogP contribution in [0.5, 0.6) is 0 Å². The fourth-order valence-corrected chi connectivity index (χ4v) is 0.986. The van der Waals surface area contributed by atoms with Crippen molar-refractivity contribution in [1.82, 2.24) is 4.57 Å². The van der Waals surface area contributed by atoms with Gasteiger partial charge in [0.2, 0.25) is 0 Å². The Hall–Kier alpha value is -1.78. The van der Waals surface area contributed by atoms with E-state index in [1.54, 1.807) is 0 Å². The molecule has 0 aromatic carbocycles. The summed E-state index contributed by atoms with van der Waals surface area (Å²) in [6, 6.07) is 3.78. The van der Waals surface area contributed by atoms with Crippen molar-refractivity contribution in [2.75, 3.05) is 13.2 Å². The number of aromatic nitrogens is 1. The average molecular weight is 211 g/mol. The van der Waals surface area contributed by atoms with E-state index in [0.717, 1.165) is 0 Å². The summed E-state index contributed by atoms with van der Waals surface area (Å²) >= 11 is 0. The number of hydrogen-bond donors (Lipinski definition) is 0. The van der Waals surface area contributed by atoms with Crippen molar-refractivity contribution in [1.29, 1.82) is 0 Å². The van der Waals surface area contributed by atoms with Crippen LogP contribution in [0.25, 0.3) is 0 Å². The van der Waals surface area contributed by atoms with E-state index in [4.69, 9.17) is 4.74 Å². The molecular weight excluding hydrogens is 198 g/mol. The molecule has 0 amide bonds. The fraction of sp³-hybridized carbons (Fsp3) is 0.400. The molecule has 0 aliphatic carbocycles. The van der Waals surface area contributed by atoms with E-state index >= 15 is 0 Å². The van der Waals surface area contributed by atoms with Gasteiger partial charge in [-0.2, -0.15) is 0 Å². The number of carbonyl (C=O) groups excluding carboxylic acids is 2. The highest BCUT2D eigenvalue weighted by atomic mass is 16.6. The van der Waals surface area contributed by atoms with Crippen LogP contribution in [0.15, 0.2) is 24.5 Å². The maximum atomic E-state index is 11.0. The molecule has 0 saturated carbocycles. The van der Waals surface area contributed by atoms with Gasteiger partial charge in [-0.1, -0.05) is 0 Å². The van der Waals surface area contributed by atoms with Crippen LogP contribution in [0.2, 0.25) is 0 Å². The summed E-state index contributed by atoms with van der Waals surface area (Å²) in [5.41, 5.74) is 0. The molecule has 1 aromatic rings. The van der Waals surface area contributed by atoms with Crippen LogP contribution in [-0.4, -0.2) is 29.7 Å². The molecule has 0 N–H and O–H groups in total. The van der Waals surface area contributed by atoms with Crippen LogP contribution in [0, 0.1) is 0 Å². The molecule has 5 nitrogen and oxygen atoms in total. The van der Waals surface area contributed by atoms with Crippen LogP contribution in [0.1, 0.15) is 6.92 Å². The molecule has 0 unspecified atom stereocenters. The molecule has 0 radical (unpaired) electrons. The van der Waals surface area contributed by atoms with Crippen LogP contribution in [0.3, 0.4) is 0 Å². The molecule has 5 heteroatoms. The molecule has 0 spiro atoms. The summed E-state index contributed by atoms with van der Waals surface area (Å²) in [6.45, 7) is 1.79. The lowest BCUT2D eigenvalue weighted by Crippen LogP contribution is -2.17. The maximum Gasteiger partial charge on any atom is 0.344 e. The van der Waals surface area contributed by atoms with Gasteiger partial charge in [0, 0.05) is 19.3 Å². The maximum absolute atomic E-state index is 11.0. The van der Waals surface area contributed by atoms with Gasteiger partial charge in [0.25, 0.3) is 0 Å². The standard InChI is InChI=1S/C10H13NO4/c1-9(12)15-8-10(13)14-7-6-11-4-2-3-5-11/h2-5H,6-8H2,1H3. The van der Waals surface area contributed by atoms with Crippen LogP contribution < -0.4 is 0 Å². The Labute approximate surface area is 87.6 Å². The van der Waals surface area contributed by atoms with Gasteiger partial charge in [0.05, 0.1) is 6.54 Å². The molecule has 0 saturated heterocycles. The molecule has 1 rings (SSSR count). The minimum absolute atomic E-state index is 0.273. The lowest BCUT2D eigenvalue weighted by atomic mass is 10.6. The predicted molar refractivity (Wildman–Crippen MR) is 52.0 cm³/mol. The molecule has 15 heavy (non-hydrogen) atoms. The van der Waals surface area contributed by atoms with Gasteiger partial charge in [-0.25, -0.2) is 4.79 Å². The van der Waals surface area contributed by atoms with Crippen molar-refractivity contribution in [3.63, 3.8) is 0 Å². The highest BCUT2D eigenvalue weighted by molar-refractivity contribution is 5.75. The molecular formula is C10H13NO4. The first-order valence-corrected chi connectivity index (χ1v) is 4.58. The van der Waals surface area contributed by atoms with Crippen LogP contribution in [-0.2, 0) is 25.6 Å². The van der Waals surface area contributed by atoms with Gasteiger partial charge in [0.15, 0.2) is 6.61 Å². The topological polar surface area (TPSA) is 57.5 Å². The zero-order chi connectivity index (χ0) is 11.1. The lowest BCUT2D eigenvalue weighted by molar-refractivity contribution is -0.157. The second-order valence-corrected chi connectivity index (χ2v) is 2.92. The number of nitrogens with zero attached hydrogens (tertiary/aromatic N) is 1. The zero-order valence-corrected chi connectivity index (χ0v) is 8.51. The molecule has 0 aliphatic rings. The molecule has 82 valence electrons. The Morgan fingerprint density at radius 3 is 2.47 bits per heavy atom. The summed E-state index contributed by atoms with van der Waals surface area (Å²) in [4.78, 5) is 21.3. The Morgan fingerprint density at radius 2 is 1.87 bits per heavy atom. The van der Waals surface area contributed by atoms with E-state index in [1.165, 1.54) is 6.92 Å². The summed E-state index contributed by atoms with van der Waals surface area (Å²) in [7, 11) is 0. The predicted octanol–water partition coefficient (Wildman–Crippen LogP) is 0.594. The summed E-state index contributed by atoms with van der Waals surface area (Å²) in [5.74, 6) is -1.02. The Morgan fingerprint density at radius 1 is 1.20 bits per heavy atom. The normalized spacial score (nSPS) is 9.67. The number of carbonyl (C=O) groups is 2. The highest BCUT2D eigenvalue weighted by Crippen LogP contribution is 1.90. The average Bonchev–Trinajstić information content (AvgIpc) is 2.67. The van der Waals surface area contributed by atoms with Crippen molar-refractivity contribution in [3.8, 4) is 0 Å². The van der Waals surface area contributed by atoms with Gasteiger partial charge in [-0.05, 0) is 12.1 Å². The minimum atomic E-state index is -0.530. The highest BCUT2D eigenvalue weighted by Gasteiger charge is 2.04. The summed E-state index contributed by atoms with van der Waals surface area (Å²) in [6.07, 6.45) is 3.75. The van der Waals surface area contributed by atoms with Crippen molar-refractivity contribution in [3.05, 3.63) is 24.5 Å². The molecule has 0 fully saturated rings. The van der Waals surface area contributed by atoms with Gasteiger partial charge < -0.3 is 14.0 Å². The smallest absolute Gasteiger partial charge is 0.344 e. The summed E-state index contributed by atoms with van der Waals surface area (Å²) in [5, 5.41) is 0. The quantitative estimate of drug-likeness (QED) is 0.669. The number of rotatable bonds is 5. The number of esters is 2. The molecule has 0 aliphatic heterocycles. The van der Waals surface area contributed by atoms with Gasteiger partial charge >= 0.3 is 11.9 Å². The first-order chi connectivity index (χ1) is 7.18. The third-order valence-corrected chi connectivity index (χ3v) is 1.67. The summed E-state index contributed by atoms with van der Waals surface area (Å²) < 4.78 is 11.2. The molecule has 1 heterocycles. The van der Waals surface area contributed by atoms with Crippen molar-refractivity contribution < 1.29 is 19.1 Å². The van der Waals surface area contributed by atoms with E-state index in [9.17, 15) is 9.59 Å². The third kappa shape index (κ3) is 4.85. The monoisotopic (exact) mass is 211 g/mol. The van der Waals surface area contributed by atoms with E-state index in [0.29, 0.717) is 6.54 Å². The van der Waals surface area contributed by atoms with E-state index in [1.807, 2.05) is 29.1 Å². The second-order valence-electron chi connectivity index (χ2n) is 2.92. The Kier molecular flexibility index (Phi) is 4.40. The number of ether oxygens (including phenoxy) is 2. The minimum Gasteiger partial charge on any atom is -0.461 e. The van der Waals surface area contributed by atoms with Crippen molar-refractivity contribution in [2.24, 2.45) is 0 Å². The van der Waals surface area contributed by atoms with E-state index < -0.39 is 11.9 Å².